The molecule has 0 spiro atoms. The molecule has 1 aromatic heterocycles. The number of pyridine rings is 1. The number of carbonyl (C=O) groups excluding carboxylic acids is 2. The van der Waals surface area contributed by atoms with Crippen LogP contribution in [0.1, 0.15) is 19.5 Å². The third kappa shape index (κ3) is 5.01. The van der Waals surface area contributed by atoms with Crippen LogP contribution in [0.15, 0.2) is 71.2 Å². The summed E-state index contributed by atoms with van der Waals surface area (Å²) in [5.41, 5.74) is 1.30. The lowest BCUT2D eigenvalue weighted by molar-refractivity contribution is -0.143. The second-order valence-electron chi connectivity index (χ2n) is 6.59. The lowest BCUT2D eigenvalue weighted by Crippen LogP contribution is -2.20. The average molecular weight is 421 g/mol. The SMILES string of the molecule is CCOC(=O)/C=C(/Oc1ccc2cc(C)n(-c3ccccc3)c(=O)c2c1)C(=O)OCC. The van der Waals surface area contributed by atoms with Gasteiger partial charge in [-0.15, -0.1) is 0 Å². The number of benzene rings is 2. The first kappa shape index (κ1) is 21.8. The molecule has 0 saturated carbocycles. The van der Waals surface area contributed by atoms with Crippen LogP contribution in [-0.4, -0.2) is 29.7 Å². The molecule has 3 rings (SSSR count). The Morgan fingerprint density at radius 2 is 1.68 bits per heavy atom. The second kappa shape index (κ2) is 9.75. The Kier molecular flexibility index (Phi) is 6.87. The first-order valence-corrected chi connectivity index (χ1v) is 9.89. The fourth-order valence-corrected chi connectivity index (χ4v) is 3.13. The highest BCUT2D eigenvalue weighted by molar-refractivity contribution is 5.95. The molecular weight excluding hydrogens is 398 g/mol. The van der Waals surface area contributed by atoms with Crippen molar-refractivity contribution in [3.63, 3.8) is 0 Å². The Morgan fingerprint density at radius 1 is 0.968 bits per heavy atom. The van der Waals surface area contributed by atoms with Gasteiger partial charge in [-0.1, -0.05) is 24.3 Å². The highest BCUT2D eigenvalue weighted by Crippen LogP contribution is 2.23. The first-order valence-electron chi connectivity index (χ1n) is 9.89. The minimum atomic E-state index is -0.804. The molecule has 0 N–H and O–H groups in total. The van der Waals surface area contributed by atoms with Gasteiger partial charge in [0.25, 0.3) is 5.56 Å². The van der Waals surface area contributed by atoms with Crippen LogP contribution < -0.4 is 10.3 Å². The number of aromatic nitrogens is 1. The van der Waals surface area contributed by atoms with Crippen molar-refractivity contribution in [3.8, 4) is 11.4 Å². The third-order valence-electron chi connectivity index (χ3n) is 4.43. The van der Waals surface area contributed by atoms with E-state index in [0.717, 1.165) is 22.8 Å². The van der Waals surface area contributed by atoms with Crippen LogP contribution in [0, 0.1) is 6.92 Å². The molecule has 7 nitrogen and oxygen atoms in total. The molecule has 0 atom stereocenters. The molecule has 0 bridgehead atoms. The predicted octanol–water partition coefficient (Wildman–Crippen LogP) is 3.69. The summed E-state index contributed by atoms with van der Waals surface area (Å²) in [6, 6.07) is 16.1. The summed E-state index contributed by atoms with van der Waals surface area (Å²) in [6.45, 7) is 5.42. The van der Waals surface area contributed by atoms with Crippen molar-refractivity contribution in [3.05, 3.63) is 82.5 Å². The summed E-state index contributed by atoms with van der Waals surface area (Å²) in [5.74, 6) is -1.64. The number of aryl methyl sites for hydroxylation is 1. The fourth-order valence-electron chi connectivity index (χ4n) is 3.13. The molecule has 2 aromatic carbocycles. The normalized spacial score (nSPS) is 11.3. The molecule has 0 aliphatic carbocycles. The van der Waals surface area contributed by atoms with E-state index in [1.165, 1.54) is 6.07 Å². The van der Waals surface area contributed by atoms with E-state index in [0.29, 0.717) is 5.39 Å². The van der Waals surface area contributed by atoms with Gasteiger partial charge in [0.15, 0.2) is 0 Å². The highest BCUT2D eigenvalue weighted by atomic mass is 16.6. The number of esters is 2. The monoisotopic (exact) mass is 421 g/mol. The van der Waals surface area contributed by atoms with Crippen LogP contribution in [-0.2, 0) is 19.1 Å². The standard InChI is InChI=1S/C24H23NO6/c1-4-29-22(26)15-21(24(28)30-5-2)31-19-12-11-17-13-16(3)25(23(27)20(17)14-19)18-9-7-6-8-10-18/h6-15H,4-5H2,1-3H3/b21-15+. The van der Waals surface area contributed by atoms with Crippen molar-refractivity contribution in [1.29, 1.82) is 0 Å². The van der Waals surface area contributed by atoms with Gasteiger partial charge in [0, 0.05) is 11.4 Å². The van der Waals surface area contributed by atoms with Crippen LogP contribution in [0.25, 0.3) is 16.5 Å². The number of hydrogen-bond acceptors (Lipinski definition) is 6. The van der Waals surface area contributed by atoms with Gasteiger partial charge in [-0.2, -0.15) is 0 Å². The average Bonchev–Trinajstić information content (AvgIpc) is 2.75. The zero-order valence-electron chi connectivity index (χ0n) is 17.6. The number of para-hydroxylation sites is 1. The van der Waals surface area contributed by atoms with E-state index >= 15 is 0 Å². The summed E-state index contributed by atoms with van der Waals surface area (Å²) >= 11 is 0. The maximum absolute atomic E-state index is 13.2. The Hall–Kier alpha value is -3.87. The van der Waals surface area contributed by atoms with Gasteiger partial charge in [-0.05, 0) is 56.5 Å². The summed E-state index contributed by atoms with van der Waals surface area (Å²) in [5, 5.41) is 1.14. The molecule has 1 heterocycles. The molecule has 3 aromatic rings. The zero-order valence-corrected chi connectivity index (χ0v) is 17.6. The molecule has 0 fully saturated rings. The number of nitrogens with zero attached hydrogens (tertiary/aromatic N) is 1. The Balaban J connectivity index is 2.05. The van der Waals surface area contributed by atoms with Gasteiger partial charge in [0.05, 0.1) is 24.7 Å². The van der Waals surface area contributed by atoms with Gasteiger partial charge in [0.1, 0.15) is 5.75 Å². The Morgan fingerprint density at radius 3 is 2.35 bits per heavy atom. The van der Waals surface area contributed by atoms with Gasteiger partial charge in [0.2, 0.25) is 5.76 Å². The van der Waals surface area contributed by atoms with Gasteiger partial charge in [-0.3, -0.25) is 9.36 Å². The summed E-state index contributed by atoms with van der Waals surface area (Å²) in [4.78, 5) is 37.2. The van der Waals surface area contributed by atoms with Crippen LogP contribution in [0.5, 0.6) is 5.75 Å². The summed E-state index contributed by atoms with van der Waals surface area (Å²) < 4.78 is 17.0. The number of hydrogen-bond donors (Lipinski definition) is 0. The molecule has 31 heavy (non-hydrogen) atoms. The molecular formula is C24H23NO6. The molecule has 160 valence electrons. The van der Waals surface area contributed by atoms with Gasteiger partial charge in [-0.25, -0.2) is 9.59 Å². The smallest absolute Gasteiger partial charge is 0.374 e. The number of carbonyl (C=O) groups is 2. The molecule has 0 saturated heterocycles. The lowest BCUT2D eigenvalue weighted by atomic mass is 10.1. The minimum Gasteiger partial charge on any atom is -0.463 e. The Bertz CT molecular complexity index is 1190. The van der Waals surface area contributed by atoms with Crippen LogP contribution in [0.3, 0.4) is 0 Å². The van der Waals surface area contributed by atoms with Crippen molar-refractivity contribution >= 4 is 22.7 Å². The predicted molar refractivity (Wildman–Crippen MR) is 116 cm³/mol. The topological polar surface area (TPSA) is 83.8 Å². The fraction of sp³-hybridized carbons (Fsp3) is 0.208. The van der Waals surface area contributed by atoms with Crippen molar-refractivity contribution < 1.29 is 23.8 Å². The minimum absolute atomic E-state index is 0.112. The first-order chi connectivity index (χ1) is 14.9. The summed E-state index contributed by atoms with van der Waals surface area (Å²) in [7, 11) is 0. The molecule has 0 aliphatic rings. The number of ether oxygens (including phenoxy) is 3. The number of rotatable bonds is 7. The van der Waals surface area contributed by atoms with E-state index in [9.17, 15) is 14.4 Å². The van der Waals surface area contributed by atoms with Crippen molar-refractivity contribution in [2.45, 2.75) is 20.8 Å². The lowest BCUT2D eigenvalue weighted by Gasteiger charge is -2.13. The van der Waals surface area contributed by atoms with E-state index in [2.05, 4.69) is 0 Å². The largest absolute Gasteiger partial charge is 0.463 e. The molecule has 0 radical (unpaired) electrons. The second-order valence-corrected chi connectivity index (χ2v) is 6.59. The summed E-state index contributed by atoms with van der Waals surface area (Å²) in [6.07, 6.45) is 0.934. The third-order valence-corrected chi connectivity index (χ3v) is 4.43. The quantitative estimate of drug-likeness (QED) is 0.329. The van der Waals surface area contributed by atoms with Gasteiger partial charge >= 0.3 is 11.9 Å². The van der Waals surface area contributed by atoms with Crippen molar-refractivity contribution in [2.75, 3.05) is 13.2 Å². The van der Waals surface area contributed by atoms with E-state index in [4.69, 9.17) is 14.2 Å². The van der Waals surface area contributed by atoms with Crippen LogP contribution >= 0.6 is 0 Å². The zero-order chi connectivity index (χ0) is 22.4. The van der Waals surface area contributed by atoms with E-state index in [1.807, 2.05) is 43.3 Å². The molecule has 7 heteroatoms. The van der Waals surface area contributed by atoms with E-state index in [1.54, 1.807) is 30.5 Å². The van der Waals surface area contributed by atoms with E-state index in [-0.39, 0.29) is 30.3 Å². The number of fused-ring (bicyclic) bond motifs is 1. The van der Waals surface area contributed by atoms with Crippen LogP contribution in [0.4, 0.5) is 0 Å². The van der Waals surface area contributed by atoms with Crippen molar-refractivity contribution in [1.82, 2.24) is 4.57 Å². The highest BCUT2D eigenvalue weighted by Gasteiger charge is 2.17. The van der Waals surface area contributed by atoms with E-state index < -0.39 is 11.9 Å². The van der Waals surface area contributed by atoms with Crippen LogP contribution in [0.2, 0.25) is 0 Å². The Labute approximate surface area is 179 Å². The molecule has 0 unspecified atom stereocenters. The van der Waals surface area contributed by atoms with Crippen molar-refractivity contribution in [2.24, 2.45) is 0 Å². The maximum atomic E-state index is 13.2. The molecule has 0 aliphatic heterocycles. The molecule has 0 amide bonds. The maximum Gasteiger partial charge on any atom is 0.374 e. The van der Waals surface area contributed by atoms with Gasteiger partial charge < -0.3 is 14.2 Å².